The van der Waals surface area contributed by atoms with E-state index >= 15 is 0 Å². The van der Waals surface area contributed by atoms with Gasteiger partial charge >= 0.3 is 0 Å². The number of benzene rings is 2. The van der Waals surface area contributed by atoms with Crippen LogP contribution in [0.2, 0.25) is 0 Å². The summed E-state index contributed by atoms with van der Waals surface area (Å²) in [5.41, 5.74) is 3.88. The number of aliphatic hydroxyl groups is 3. The summed E-state index contributed by atoms with van der Waals surface area (Å²) in [5, 5.41) is 46.4. The van der Waals surface area contributed by atoms with Gasteiger partial charge < -0.3 is 35.6 Å². The van der Waals surface area contributed by atoms with Crippen LogP contribution in [0.5, 0.6) is 17.2 Å². The van der Waals surface area contributed by atoms with Gasteiger partial charge in [0.1, 0.15) is 22.8 Å². The van der Waals surface area contributed by atoms with Gasteiger partial charge in [0.05, 0.1) is 5.56 Å². The Labute approximate surface area is 248 Å². The molecule has 0 radical (unpaired) electrons. The van der Waals surface area contributed by atoms with Crippen molar-refractivity contribution < 1.29 is 44.3 Å². The quantitative estimate of drug-likeness (QED) is 0.331. The van der Waals surface area contributed by atoms with Gasteiger partial charge in [-0.3, -0.25) is 14.4 Å². The molecule has 0 bridgehead atoms. The molecule has 6 rings (SSSR count). The molecular formula is C33H35NO9. The summed E-state index contributed by atoms with van der Waals surface area (Å²) in [4.78, 5) is 39.9. The van der Waals surface area contributed by atoms with Crippen molar-refractivity contribution in [1.82, 2.24) is 0 Å². The minimum Gasteiger partial charge on any atom is -0.508 e. The van der Waals surface area contributed by atoms with Gasteiger partial charge in [0, 0.05) is 23.0 Å². The highest BCUT2D eigenvalue weighted by Crippen LogP contribution is 2.56. The van der Waals surface area contributed by atoms with E-state index < -0.39 is 69.3 Å². The molecule has 1 aliphatic heterocycles. The lowest BCUT2D eigenvalue weighted by Crippen LogP contribution is -2.62. The van der Waals surface area contributed by atoms with Crippen molar-refractivity contribution >= 4 is 23.2 Å². The number of hydrogen-bond donors (Lipinski definition) is 5. The molecule has 1 amide bonds. The Kier molecular flexibility index (Phi) is 6.26. The van der Waals surface area contributed by atoms with Crippen LogP contribution in [0.25, 0.3) is 16.9 Å². The lowest BCUT2D eigenvalue weighted by atomic mass is 9.54. The van der Waals surface area contributed by atoms with Crippen LogP contribution in [-0.4, -0.2) is 50.3 Å². The summed E-state index contributed by atoms with van der Waals surface area (Å²) in [6, 6.07) is 7.34. The number of Topliss-reactive ketones (excluding diaryl/α,β-unsaturated/α-hetero) is 2. The van der Waals surface area contributed by atoms with Gasteiger partial charge in [-0.1, -0.05) is 40.7 Å². The number of rotatable bonds is 3. The number of hydrogen-bond acceptors (Lipinski definition) is 9. The molecule has 3 aliphatic carbocycles. The maximum Gasteiger partial charge on any atom is 0.255 e. The third kappa shape index (κ3) is 3.92. The van der Waals surface area contributed by atoms with Gasteiger partial charge in [0.2, 0.25) is 12.6 Å². The van der Waals surface area contributed by atoms with E-state index in [0.29, 0.717) is 28.2 Å². The lowest BCUT2D eigenvalue weighted by molar-refractivity contribution is -0.155. The predicted octanol–water partition coefficient (Wildman–Crippen LogP) is 4.00. The van der Waals surface area contributed by atoms with Crippen molar-refractivity contribution in [1.29, 1.82) is 0 Å². The predicted molar refractivity (Wildman–Crippen MR) is 155 cm³/mol. The van der Waals surface area contributed by atoms with E-state index in [2.05, 4.69) is 0 Å². The molecule has 2 aromatic carbocycles. The number of fused-ring (bicyclic) bond motifs is 4. The Morgan fingerprint density at radius 1 is 1.07 bits per heavy atom. The zero-order chi connectivity index (χ0) is 31.3. The Morgan fingerprint density at radius 2 is 1.74 bits per heavy atom. The van der Waals surface area contributed by atoms with E-state index in [1.807, 2.05) is 39.0 Å². The number of aliphatic hydroxyl groups excluding tert-OH is 2. The Balaban J connectivity index is 1.61. The first-order valence-electron chi connectivity index (χ1n) is 14.4. The molecule has 10 heteroatoms. The molecule has 10 nitrogen and oxygen atoms in total. The second kappa shape index (κ2) is 9.34. The van der Waals surface area contributed by atoms with E-state index in [1.165, 1.54) is 0 Å². The molecule has 4 aliphatic rings. The average Bonchev–Trinajstić information content (AvgIpc) is 3.38. The highest BCUT2D eigenvalue weighted by Gasteiger charge is 2.64. The van der Waals surface area contributed by atoms with Crippen LogP contribution in [-0.2, 0) is 26.2 Å². The van der Waals surface area contributed by atoms with Gasteiger partial charge in [-0.05, 0) is 65.0 Å². The van der Waals surface area contributed by atoms with Crippen LogP contribution in [0.4, 0.5) is 0 Å². The Hall–Kier alpha value is -4.31. The maximum absolute atomic E-state index is 14.2. The number of amides is 1. The summed E-state index contributed by atoms with van der Waals surface area (Å²) in [7, 11) is 0. The van der Waals surface area contributed by atoms with E-state index in [4.69, 9.17) is 15.2 Å². The molecule has 0 unspecified atom stereocenters. The lowest BCUT2D eigenvalue weighted by Gasteiger charge is -2.50. The zero-order valence-electron chi connectivity index (χ0n) is 24.6. The average molecular weight is 590 g/mol. The topological polar surface area (TPSA) is 177 Å². The summed E-state index contributed by atoms with van der Waals surface area (Å²) in [6.07, 6.45) is 0.245. The second-order valence-electron chi connectivity index (χ2n) is 13.3. The van der Waals surface area contributed by atoms with E-state index in [0.717, 1.165) is 5.56 Å². The summed E-state index contributed by atoms with van der Waals surface area (Å²) in [5.74, 6) is -6.75. The van der Waals surface area contributed by atoms with Crippen molar-refractivity contribution in [2.24, 2.45) is 29.4 Å². The first-order chi connectivity index (χ1) is 20.1. The SMILES string of the molecule is CC(C)[C@@H]1C(=O)C(C(N)=O)=C(O)[C@@]2(O)C(=O)C3=C(O)c4c(O)c(C(C)(C)C)cc(-c5ccc6c(c5)OCO6)c4C[C@H]3C[C@@H]12. The number of nitrogens with two attached hydrogens (primary N) is 1. The molecule has 0 saturated heterocycles. The van der Waals surface area contributed by atoms with Crippen LogP contribution in [0.15, 0.2) is 41.2 Å². The smallest absolute Gasteiger partial charge is 0.255 e. The van der Waals surface area contributed by atoms with E-state index in [9.17, 15) is 34.8 Å². The monoisotopic (exact) mass is 589 g/mol. The normalized spacial score (nSPS) is 26.4. The van der Waals surface area contributed by atoms with Gasteiger partial charge in [0.15, 0.2) is 22.9 Å². The number of ether oxygens (including phenoxy) is 2. The largest absolute Gasteiger partial charge is 0.508 e. The van der Waals surface area contributed by atoms with E-state index in [1.54, 1.807) is 19.9 Å². The fraction of sp³-hybridized carbons (Fsp3) is 0.424. The summed E-state index contributed by atoms with van der Waals surface area (Å²) < 4.78 is 11.1. The molecule has 2 aromatic rings. The number of phenols is 1. The van der Waals surface area contributed by atoms with Crippen LogP contribution in [0.3, 0.4) is 0 Å². The third-order valence-corrected chi connectivity index (χ3v) is 9.46. The molecule has 43 heavy (non-hydrogen) atoms. The van der Waals surface area contributed by atoms with Crippen molar-refractivity contribution in [3.63, 3.8) is 0 Å². The number of carbonyl (C=O) groups excluding carboxylic acids is 3. The van der Waals surface area contributed by atoms with Crippen molar-refractivity contribution in [2.75, 3.05) is 6.79 Å². The first kappa shape index (κ1) is 28.8. The van der Waals surface area contributed by atoms with Gasteiger partial charge in [-0.15, -0.1) is 0 Å². The van der Waals surface area contributed by atoms with Gasteiger partial charge in [-0.2, -0.15) is 0 Å². The second-order valence-corrected chi connectivity index (χ2v) is 13.3. The van der Waals surface area contributed by atoms with Crippen LogP contribution in [0, 0.1) is 23.7 Å². The molecule has 226 valence electrons. The first-order valence-corrected chi connectivity index (χ1v) is 14.4. The molecule has 1 heterocycles. The molecule has 1 saturated carbocycles. The van der Waals surface area contributed by atoms with Crippen molar-refractivity contribution in [3.05, 3.63) is 57.9 Å². The van der Waals surface area contributed by atoms with Crippen LogP contribution >= 0.6 is 0 Å². The highest BCUT2D eigenvalue weighted by atomic mass is 16.7. The van der Waals surface area contributed by atoms with Gasteiger partial charge in [-0.25, -0.2) is 0 Å². The Bertz CT molecular complexity index is 1690. The van der Waals surface area contributed by atoms with Crippen molar-refractivity contribution in [3.8, 4) is 28.4 Å². The molecule has 6 N–H and O–H groups in total. The number of aromatic hydroxyl groups is 1. The molecule has 0 spiro atoms. The Morgan fingerprint density at radius 3 is 2.37 bits per heavy atom. The van der Waals surface area contributed by atoms with Crippen molar-refractivity contribution in [2.45, 2.75) is 58.5 Å². The fourth-order valence-corrected chi connectivity index (χ4v) is 7.45. The summed E-state index contributed by atoms with van der Waals surface area (Å²) >= 11 is 0. The maximum atomic E-state index is 14.2. The van der Waals surface area contributed by atoms with Gasteiger partial charge in [0.25, 0.3) is 5.91 Å². The molecule has 0 aromatic heterocycles. The summed E-state index contributed by atoms with van der Waals surface area (Å²) in [6.45, 7) is 9.29. The third-order valence-electron chi connectivity index (χ3n) is 9.46. The zero-order valence-corrected chi connectivity index (χ0v) is 24.6. The minimum atomic E-state index is -2.65. The molecular weight excluding hydrogens is 554 g/mol. The molecule has 1 fully saturated rings. The number of ketones is 2. The highest BCUT2D eigenvalue weighted by molar-refractivity contribution is 6.23. The number of phenolic OH excluding ortho intramolecular Hbond substituents is 1. The van der Waals surface area contributed by atoms with Crippen LogP contribution < -0.4 is 15.2 Å². The van der Waals surface area contributed by atoms with Crippen LogP contribution in [0.1, 0.15) is 57.7 Å². The standard InChI is InChI=1S/C33H35NO9/c1-13(2)22-18-9-15-8-17-16(14-6-7-20-21(10-14)43-12-42-20)11-19(32(3,4)5)26(35)24(17)28(37)23(15)29(38)33(18,41)30(39)25(27(22)36)31(34)40/h6-7,10-11,13,15,18,22,35,37,39,41H,8-9,12H2,1-5H3,(H2,34,40)/t15-,18-,22-,33-/m0/s1. The number of primary amides is 1. The number of carbonyl (C=O) groups is 3. The minimum absolute atomic E-state index is 0.0497. The van der Waals surface area contributed by atoms with E-state index in [-0.39, 0.29) is 36.5 Å². The molecule has 4 atom stereocenters. The fourth-order valence-electron chi connectivity index (χ4n) is 7.45.